The van der Waals surface area contributed by atoms with E-state index in [1.807, 2.05) is 6.92 Å². The third-order valence-electron chi connectivity index (χ3n) is 1.96. The summed E-state index contributed by atoms with van der Waals surface area (Å²) < 4.78 is 5.15. The number of nitrogen functional groups attached to an aromatic ring is 1. The highest BCUT2D eigenvalue weighted by atomic mass is 16.5. The van der Waals surface area contributed by atoms with E-state index in [0.29, 0.717) is 31.3 Å². The first kappa shape index (κ1) is 12.4. The molecule has 5 nitrogen and oxygen atoms in total. The summed E-state index contributed by atoms with van der Waals surface area (Å²) >= 11 is 0. The summed E-state index contributed by atoms with van der Waals surface area (Å²) in [6.45, 7) is 3.87. The summed E-state index contributed by atoms with van der Waals surface area (Å²) in [5.74, 6) is 0.144. The lowest BCUT2D eigenvalue weighted by Crippen LogP contribution is -2.26. The number of pyridine rings is 1. The van der Waals surface area contributed by atoms with E-state index in [0.717, 1.165) is 6.42 Å². The number of hydrogen-bond acceptors (Lipinski definition) is 4. The van der Waals surface area contributed by atoms with Gasteiger partial charge in [0.1, 0.15) is 11.5 Å². The quantitative estimate of drug-likeness (QED) is 0.700. The Morgan fingerprint density at radius 2 is 2.38 bits per heavy atom. The van der Waals surface area contributed by atoms with Crippen molar-refractivity contribution in [1.29, 1.82) is 0 Å². The third kappa shape index (κ3) is 4.27. The van der Waals surface area contributed by atoms with Gasteiger partial charge in [0.2, 0.25) is 0 Å². The van der Waals surface area contributed by atoms with Crippen LogP contribution in [0.4, 0.5) is 5.82 Å². The Kier molecular flexibility index (Phi) is 5.28. The number of rotatable bonds is 6. The average Bonchev–Trinajstić information content (AvgIpc) is 2.28. The van der Waals surface area contributed by atoms with Gasteiger partial charge in [-0.1, -0.05) is 6.07 Å². The highest BCUT2D eigenvalue weighted by Crippen LogP contribution is 1.99. The minimum Gasteiger partial charge on any atom is -0.384 e. The minimum absolute atomic E-state index is 0.205. The van der Waals surface area contributed by atoms with Gasteiger partial charge in [-0.05, 0) is 25.5 Å². The lowest BCUT2D eigenvalue weighted by Gasteiger charge is -2.05. The van der Waals surface area contributed by atoms with E-state index in [-0.39, 0.29) is 5.91 Å². The van der Waals surface area contributed by atoms with E-state index >= 15 is 0 Å². The third-order valence-corrected chi connectivity index (χ3v) is 1.96. The van der Waals surface area contributed by atoms with Gasteiger partial charge in [0.25, 0.3) is 5.91 Å². The number of anilines is 1. The zero-order valence-corrected chi connectivity index (χ0v) is 9.40. The highest BCUT2D eigenvalue weighted by molar-refractivity contribution is 5.92. The molecular formula is C11H17N3O2. The van der Waals surface area contributed by atoms with Crippen LogP contribution in [0.1, 0.15) is 23.8 Å². The number of aromatic nitrogens is 1. The van der Waals surface area contributed by atoms with Crippen molar-refractivity contribution >= 4 is 11.7 Å². The van der Waals surface area contributed by atoms with Crippen LogP contribution in [0.2, 0.25) is 0 Å². The van der Waals surface area contributed by atoms with Gasteiger partial charge in [-0.25, -0.2) is 4.98 Å². The Hall–Kier alpha value is -1.62. The van der Waals surface area contributed by atoms with Crippen molar-refractivity contribution < 1.29 is 9.53 Å². The molecule has 5 heteroatoms. The Morgan fingerprint density at radius 1 is 1.56 bits per heavy atom. The number of nitrogens with zero attached hydrogens (tertiary/aromatic N) is 1. The first-order valence-corrected chi connectivity index (χ1v) is 5.32. The van der Waals surface area contributed by atoms with Crippen molar-refractivity contribution in [2.75, 3.05) is 25.5 Å². The van der Waals surface area contributed by atoms with E-state index in [1.165, 1.54) is 0 Å². The second-order valence-electron chi connectivity index (χ2n) is 3.25. The first-order chi connectivity index (χ1) is 7.74. The van der Waals surface area contributed by atoms with E-state index in [1.54, 1.807) is 18.2 Å². The zero-order valence-electron chi connectivity index (χ0n) is 9.40. The number of ether oxygens (including phenoxy) is 1. The van der Waals surface area contributed by atoms with Crippen molar-refractivity contribution in [1.82, 2.24) is 10.3 Å². The second kappa shape index (κ2) is 6.79. The molecule has 0 aliphatic heterocycles. The monoisotopic (exact) mass is 223 g/mol. The number of amides is 1. The number of nitrogens with two attached hydrogens (primary N) is 1. The van der Waals surface area contributed by atoms with Crippen LogP contribution in [0.15, 0.2) is 18.2 Å². The van der Waals surface area contributed by atoms with Crippen molar-refractivity contribution in [2.45, 2.75) is 13.3 Å². The number of hydrogen-bond donors (Lipinski definition) is 2. The molecule has 3 N–H and O–H groups in total. The van der Waals surface area contributed by atoms with Gasteiger partial charge in [0, 0.05) is 19.8 Å². The molecule has 0 atom stereocenters. The summed E-state index contributed by atoms with van der Waals surface area (Å²) in [6.07, 6.45) is 0.794. The lowest BCUT2D eigenvalue weighted by atomic mass is 10.3. The number of nitrogens with one attached hydrogen (secondary N) is 1. The molecule has 88 valence electrons. The summed E-state index contributed by atoms with van der Waals surface area (Å²) in [6, 6.07) is 4.98. The van der Waals surface area contributed by atoms with Gasteiger partial charge in [-0.15, -0.1) is 0 Å². The maximum absolute atomic E-state index is 11.6. The molecule has 0 aliphatic carbocycles. The SMILES string of the molecule is CCOCCCNC(=O)c1cccc(N)n1. The van der Waals surface area contributed by atoms with Crippen LogP contribution in [0.25, 0.3) is 0 Å². The highest BCUT2D eigenvalue weighted by Gasteiger charge is 2.05. The molecule has 0 unspecified atom stereocenters. The molecular weight excluding hydrogens is 206 g/mol. The maximum Gasteiger partial charge on any atom is 0.269 e. The molecule has 1 rings (SSSR count). The summed E-state index contributed by atoms with van der Waals surface area (Å²) in [4.78, 5) is 15.5. The van der Waals surface area contributed by atoms with E-state index < -0.39 is 0 Å². The largest absolute Gasteiger partial charge is 0.384 e. The summed E-state index contributed by atoms with van der Waals surface area (Å²) in [5.41, 5.74) is 5.82. The van der Waals surface area contributed by atoms with Crippen molar-refractivity contribution in [2.24, 2.45) is 0 Å². The van der Waals surface area contributed by atoms with Crippen LogP contribution in [-0.4, -0.2) is 30.6 Å². The number of carbonyl (C=O) groups is 1. The fourth-order valence-corrected chi connectivity index (χ4v) is 1.19. The number of carbonyl (C=O) groups excluding carboxylic acids is 1. The van der Waals surface area contributed by atoms with Gasteiger partial charge in [-0.2, -0.15) is 0 Å². The van der Waals surface area contributed by atoms with Gasteiger partial charge in [0.15, 0.2) is 0 Å². The summed E-state index contributed by atoms with van der Waals surface area (Å²) in [7, 11) is 0. The Balaban J connectivity index is 2.30. The van der Waals surface area contributed by atoms with Gasteiger partial charge < -0.3 is 15.8 Å². The van der Waals surface area contributed by atoms with E-state index in [9.17, 15) is 4.79 Å². The normalized spacial score (nSPS) is 10.1. The molecule has 16 heavy (non-hydrogen) atoms. The fourth-order valence-electron chi connectivity index (χ4n) is 1.19. The Morgan fingerprint density at radius 3 is 3.06 bits per heavy atom. The lowest BCUT2D eigenvalue weighted by molar-refractivity contribution is 0.0939. The van der Waals surface area contributed by atoms with Crippen molar-refractivity contribution in [3.8, 4) is 0 Å². The van der Waals surface area contributed by atoms with Crippen molar-refractivity contribution in [3.63, 3.8) is 0 Å². The predicted octanol–water partition coefficient (Wildman–Crippen LogP) is 0.820. The molecule has 0 saturated heterocycles. The fraction of sp³-hybridized carbons (Fsp3) is 0.455. The molecule has 0 radical (unpaired) electrons. The van der Waals surface area contributed by atoms with Crippen LogP contribution in [0, 0.1) is 0 Å². The van der Waals surface area contributed by atoms with Crippen LogP contribution in [-0.2, 0) is 4.74 Å². The standard InChI is InChI=1S/C11H17N3O2/c1-2-16-8-4-7-13-11(15)9-5-3-6-10(12)14-9/h3,5-6H,2,4,7-8H2,1H3,(H2,12,14)(H,13,15). The average molecular weight is 223 g/mol. The van der Waals surface area contributed by atoms with E-state index in [4.69, 9.17) is 10.5 Å². The van der Waals surface area contributed by atoms with Gasteiger partial charge in [-0.3, -0.25) is 4.79 Å². The topological polar surface area (TPSA) is 77.2 Å². The van der Waals surface area contributed by atoms with Crippen molar-refractivity contribution in [3.05, 3.63) is 23.9 Å². The Bertz CT molecular complexity index is 342. The maximum atomic E-state index is 11.6. The molecule has 0 saturated carbocycles. The molecule has 0 aromatic carbocycles. The molecule has 1 aromatic rings. The molecule has 0 aliphatic rings. The van der Waals surface area contributed by atoms with Crippen LogP contribution in [0.3, 0.4) is 0 Å². The van der Waals surface area contributed by atoms with Crippen LogP contribution < -0.4 is 11.1 Å². The minimum atomic E-state index is -0.205. The van der Waals surface area contributed by atoms with Crippen LogP contribution in [0.5, 0.6) is 0 Å². The smallest absolute Gasteiger partial charge is 0.269 e. The molecule has 0 bridgehead atoms. The van der Waals surface area contributed by atoms with Crippen LogP contribution >= 0.6 is 0 Å². The zero-order chi connectivity index (χ0) is 11.8. The Labute approximate surface area is 95.0 Å². The molecule has 1 amide bonds. The predicted molar refractivity (Wildman–Crippen MR) is 62.1 cm³/mol. The molecule has 0 spiro atoms. The summed E-state index contributed by atoms with van der Waals surface area (Å²) in [5, 5.41) is 2.75. The molecule has 1 heterocycles. The van der Waals surface area contributed by atoms with Gasteiger partial charge >= 0.3 is 0 Å². The molecule has 1 aromatic heterocycles. The van der Waals surface area contributed by atoms with E-state index in [2.05, 4.69) is 10.3 Å². The van der Waals surface area contributed by atoms with Gasteiger partial charge in [0.05, 0.1) is 0 Å². The second-order valence-corrected chi connectivity index (χ2v) is 3.25. The molecule has 0 fully saturated rings. The first-order valence-electron chi connectivity index (χ1n) is 5.32.